The number of ether oxygens (including phenoxy) is 2. The Balaban J connectivity index is 1.47. The van der Waals surface area contributed by atoms with Crippen LogP contribution in [0.2, 0.25) is 0 Å². The summed E-state index contributed by atoms with van der Waals surface area (Å²) in [5.74, 6) is 0.954. The lowest BCUT2D eigenvalue weighted by molar-refractivity contribution is -0.123. The number of carbonyl (C=O) groups is 1. The van der Waals surface area contributed by atoms with E-state index in [-0.39, 0.29) is 12.5 Å². The normalized spacial score (nSPS) is 10.7. The van der Waals surface area contributed by atoms with Gasteiger partial charge in [-0.3, -0.25) is 4.79 Å². The smallest absolute Gasteiger partial charge is 0.277 e. The maximum Gasteiger partial charge on any atom is 0.277 e. The summed E-state index contributed by atoms with van der Waals surface area (Å²) in [7, 11) is 0. The number of benzene rings is 3. The van der Waals surface area contributed by atoms with Gasteiger partial charge in [-0.2, -0.15) is 5.10 Å². The molecule has 0 aliphatic carbocycles. The Morgan fingerprint density at radius 3 is 2.59 bits per heavy atom. The SMILES string of the molecule is O=C(COc1ccc(Br)cc1Br)NN=Cc1cccc(OCc2ccccc2)c1. The molecular weight excluding hydrogens is 500 g/mol. The van der Waals surface area contributed by atoms with Gasteiger partial charge in [-0.1, -0.05) is 58.4 Å². The van der Waals surface area contributed by atoms with Crippen LogP contribution in [0.15, 0.2) is 86.8 Å². The van der Waals surface area contributed by atoms with Crippen LogP contribution in [-0.2, 0) is 11.4 Å². The number of nitrogens with one attached hydrogen (secondary N) is 1. The maximum atomic E-state index is 11.9. The Labute approximate surface area is 186 Å². The van der Waals surface area contributed by atoms with Gasteiger partial charge in [-0.15, -0.1) is 0 Å². The third-order valence-corrected chi connectivity index (χ3v) is 4.87. The summed E-state index contributed by atoms with van der Waals surface area (Å²) in [4.78, 5) is 11.9. The zero-order valence-electron chi connectivity index (χ0n) is 15.3. The highest BCUT2D eigenvalue weighted by Crippen LogP contribution is 2.28. The van der Waals surface area contributed by atoms with Gasteiger partial charge in [0.05, 0.1) is 10.7 Å². The molecule has 0 spiro atoms. The number of carbonyl (C=O) groups excluding carboxylic acids is 1. The zero-order chi connectivity index (χ0) is 20.5. The Morgan fingerprint density at radius 1 is 0.966 bits per heavy atom. The maximum absolute atomic E-state index is 11.9. The molecule has 0 aliphatic rings. The molecule has 0 fully saturated rings. The predicted molar refractivity (Wildman–Crippen MR) is 120 cm³/mol. The third-order valence-electron chi connectivity index (χ3n) is 3.76. The molecule has 1 amide bonds. The van der Waals surface area contributed by atoms with Gasteiger partial charge in [-0.05, 0) is 57.4 Å². The fourth-order valence-corrected chi connectivity index (χ4v) is 3.53. The number of amides is 1. The predicted octanol–water partition coefficient (Wildman–Crippen LogP) is 5.32. The first-order valence-corrected chi connectivity index (χ1v) is 10.4. The van der Waals surface area contributed by atoms with Gasteiger partial charge < -0.3 is 9.47 Å². The first kappa shape index (κ1) is 21.1. The number of rotatable bonds is 8. The molecule has 29 heavy (non-hydrogen) atoms. The van der Waals surface area contributed by atoms with Crippen LogP contribution in [-0.4, -0.2) is 18.7 Å². The van der Waals surface area contributed by atoms with Crippen LogP contribution in [0.4, 0.5) is 0 Å². The highest BCUT2D eigenvalue weighted by atomic mass is 79.9. The molecule has 5 nitrogen and oxygen atoms in total. The lowest BCUT2D eigenvalue weighted by Gasteiger charge is -2.07. The standard InChI is InChI=1S/C22H18Br2N2O3/c23-18-9-10-21(20(24)12-18)29-15-22(27)26-25-13-17-7-4-8-19(11-17)28-14-16-5-2-1-3-6-16/h1-13H,14-15H2,(H,26,27). The second kappa shape index (κ2) is 10.8. The van der Waals surface area contributed by atoms with Crippen molar-refractivity contribution in [3.8, 4) is 11.5 Å². The van der Waals surface area contributed by atoms with Gasteiger partial charge in [0.1, 0.15) is 18.1 Å². The molecule has 0 unspecified atom stereocenters. The summed E-state index contributed by atoms with van der Waals surface area (Å²) in [6.45, 7) is 0.346. The quantitative estimate of drug-likeness (QED) is 0.325. The van der Waals surface area contributed by atoms with Crippen molar-refractivity contribution in [3.05, 3.63) is 92.9 Å². The average Bonchev–Trinajstić information content (AvgIpc) is 2.73. The molecule has 3 rings (SSSR count). The van der Waals surface area contributed by atoms with Gasteiger partial charge in [0.2, 0.25) is 0 Å². The minimum atomic E-state index is -0.354. The second-order valence-electron chi connectivity index (χ2n) is 6.00. The fourth-order valence-electron chi connectivity index (χ4n) is 2.37. The van der Waals surface area contributed by atoms with Crippen LogP contribution in [0.1, 0.15) is 11.1 Å². The molecule has 0 aliphatic heterocycles. The highest BCUT2D eigenvalue weighted by Gasteiger charge is 2.05. The molecule has 1 N–H and O–H groups in total. The molecule has 0 bridgehead atoms. The van der Waals surface area contributed by atoms with Crippen LogP contribution in [0.5, 0.6) is 11.5 Å². The topological polar surface area (TPSA) is 59.9 Å². The molecule has 3 aromatic rings. The average molecular weight is 518 g/mol. The Morgan fingerprint density at radius 2 is 1.79 bits per heavy atom. The second-order valence-corrected chi connectivity index (χ2v) is 7.77. The van der Waals surface area contributed by atoms with Crippen LogP contribution in [0, 0.1) is 0 Å². The molecule has 0 heterocycles. The van der Waals surface area contributed by atoms with E-state index in [9.17, 15) is 4.79 Å². The van der Waals surface area contributed by atoms with E-state index >= 15 is 0 Å². The summed E-state index contributed by atoms with van der Waals surface area (Å²) < 4.78 is 12.9. The molecule has 0 saturated heterocycles. The zero-order valence-corrected chi connectivity index (χ0v) is 18.5. The minimum absolute atomic E-state index is 0.141. The van der Waals surface area contributed by atoms with Crippen LogP contribution < -0.4 is 14.9 Å². The van der Waals surface area contributed by atoms with E-state index < -0.39 is 0 Å². The largest absolute Gasteiger partial charge is 0.489 e. The first-order valence-electron chi connectivity index (χ1n) is 8.77. The van der Waals surface area contributed by atoms with E-state index in [1.807, 2.05) is 66.7 Å². The summed E-state index contributed by atoms with van der Waals surface area (Å²) in [5, 5.41) is 3.97. The van der Waals surface area contributed by atoms with Crippen LogP contribution in [0.3, 0.4) is 0 Å². The van der Waals surface area contributed by atoms with Gasteiger partial charge >= 0.3 is 0 Å². The first-order chi connectivity index (χ1) is 14.1. The molecule has 3 aromatic carbocycles. The van der Waals surface area contributed by atoms with Crippen molar-refractivity contribution < 1.29 is 14.3 Å². The van der Waals surface area contributed by atoms with Crippen molar-refractivity contribution in [2.24, 2.45) is 5.10 Å². The van der Waals surface area contributed by atoms with E-state index in [0.717, 1.165) is 25.8 Å². The summed E-state index contributed by atoms with van der Waals surface area (Å²) in [6, 6.07) is 22.9. The molecule has 0 aromatic heterocycles. The highest BCUT2D eigenvalue weighted by molar-refractivity contribution is 9.11. The summed E-state index contributed by atoms with van der Waals surface area (Å²) in [5.41, 5.74) is 4.36. The van der Waals surface area contributed by atoms with Crippen LogP contribution >= 0.6 is 31.9 Å². The van der Waals surface area contributed by atoms with Gasteiger partial charge in [0.25, 0.3) is 5.91 Å². The van der Waals surface area contributed by atoms with E-state index in [2.05, 4.69) is 42.4 Å². The molecule has 0 atom stereocenters. The van der Waals surface area contributed by atoms with Crippen molar-refractivity contribution in [2.75, 3.05) is 6.61 Å². The number of hydrogen-bond donors (Lipinski definition) is 1. The van der Waals surface area contributed by atoms with Gasteiger partial charge in [-0.25, -0.2) is 5.43 Å². The summed E-state index contributed by atoms with van der Waals surface area (Å²) >= 11 is 6.75. The number of nitrogens with zero attached hydrogens (tertiary/aromatic N) is 1. The third kappa shape index (κ3) is 7.03. The molecule has 0 saturated carbocycles. The molecular formula is C22H18Br2N2O3. The fraction of sp³-hybridized carbons (Fsp3) is 0.0909. The van der Waals surface area contributed by atoms with Crippen molar-refractivity contribution in [1.82, 2.24) is 5.43 Å². The molecule has 148 valence electrons. The monoisotopic (exact) mass is 516 g/mol. The van der Waals surface area contributed by atoms with E-state index in [0.29, 0.717) is 12.4 Å². The Kier molecular flexibility index (Phi) is 7.84. The lowest BCUT2D eigenvalue weighted by Crippen LogP contribution is -2.24. The Bertz CT molecular complexity index is 994. The van der Waals surface area contributed by atoms with Crippen molar-refractivity contribution in [1.29, 1.82) is 0 Å². The number of halogens is 2. The van der Waals surface area contributed by atoms with Gasteiger partial charge in [0.15, 0.2) is 6.61 Å². The number of hydrogen-bond acceptors (Lipinski definition) is 4. The molecule has 7 heteroatoms. The number of hydrazone groups is 1. The van der Waals surface area contributed by atoms with Crippen LogP contribution in [0.25, 0.3) is 0 Å². The molecule has 0 radical (unpaired) electrons. The van der Waals surface area contributed by atoms with E-state index in [1.54, 1.807) is 12.3 Å². The van der Waals surface area contributed by atoms with Gasteiger partial charge in [0, 0.05) is 4.47 Å². The van der Waals surface area contributed by atoms with E-state index in [4.69, 9.17) is 9.47 Å². The summed E-state index contributed by atoms with van der Waals surface area (Å²) in [6.07, 6.45) is 1.56. The minimum Gasteiger partial charge on any atom is -0.489 e. The van der Waals surface area contributed by atoms with Crippen molar-refractivity contribution in [2.45, 2.75) is 6.61 Å². The van der Waals surface area contributed by atoms with Crippen molar-refractivity contribution >= 4 is 44.0 Å². The van der Waals surface area contributed by atoms with Crippen molar-refractivity contribution in [3.63, 3.8) is 0 Å². The Hall–Kier alpha value is -2.64. The lowest BCUT2D eigenvalue weighted by atomic mass is 10.2. The van der Waals surface area contributed by atoms with E-state index in [1.165, 1.54) is 0 Å².